The van der Waals surface area contributed by atoms with E-state index in [1.807, 2.05) is 50.2 Å². The first kappa shape index (κ1) is 18.1. The van der Waals surface area contributed by atoms with E-state index >= 15 is 0 Å². The van der Waals surface area contributed by atoms with Crippen LogP contribution in [0.5, 0.6) is 0 Å². The van der Waals surface area contributed by atoms with E-state index in [4.69, 9.17) is 0 Å². The van der Waals surface area contributed by atoms with Crippen LogP contribution in [0.3, 0.4) is 0 Å². The van der Waals surface area contributed by atoms with Gasteiger partial charge in [0.15, 0.2) is 0 Å². The van der Waals surface area contributed by atoms with Gasteiger partial charge in [-0.2, -0.15) is 16.9 Å². The number of hydrogen-bond acceptors (Lipinski definition) is 4. The number of aromatic nitrogens is 2. The SMILES string of the molecule is CC(C)[C@@H]1CN(C(=O)NC[C@@H](c2cnn(C)c2)N(C)C)CCS1. The van der Waals surface area contributed by atoms with Gasteiger partial charge in [-0.1, -0.05) is 13.8 Å². The molecule has 1 aromatic rings. The molecule has 2 rings (SSSR count). The number of urea groups is 1. The third kappa shape index (κ3) is 4.88. The number of nitrogens with zero attached hydrogens (tertiary/aromatic N) is 4. The number of rotatable bonds is 5. The second-order valence-electron chi connectivity index (χ2n) is 6.71. The van der Waals surface area contributed by atoms with E-state index in [2.05, 4.69) is 29.2 Å². The zero-order valence-corrected chi connectivity index (χ0v) is 15.6. The van der Waals surface area contributed by atoms with Gasteiger partial charge in [0, 0.05) is 49.4 Å². The molecule has 0 spiro atoms. The second kappa shape index (κ2) is 8.06. The fourth-order valence-corrected chi connectivity index (χ4v) is 4.07. The van der Waals surface area contributed by atoms with Crippen molar-refractivity contribution in [3.63, 3.8) is 0 Å². The van der Waals surface area contributed by atoms with E-state index in [0.29, 0.717) is 17.7 Å². The molecule has 1 N–H and O–H groups in total. The molecular formula is C16H29N5OS. The first-order chi connectivity index (χ1) is 10.9. The predicted octanol–water partition coefficient (Wildman–Crippen LogP) is 1.81. The average Bonchev–Trinajstić information content (AvgIpc) is 2.93. The maximum atomic E-state index is 12.5. The fraction of sp³-hybridized carbons (Fsp3) is 0.750. The van der Waals surface area contributed by atoms with Gasteiger partial charge in [-0.25, -0.2) is 4.79 Å². The van der Waals surface area contributed by atoms with Crippen LogP contribution >= 0.6 is 11.8 Å². The third-order valence-electron chi connectivity index (χ3n) is 4.30. The van der Waals surface area contributed by atoms with E-state index in [0.717, 1.165) is 24.4 Å². The van der Waals surface area contributed by atoms with Crippen molar-refractivity contribution in [2.45, 2.75) is 25.1 Å². The first-order valence-corrected chi connectivity index (χ1v) is 9.22. The molecule has 2 heterocycles. The van der Waals surface area contributed by atoms with Gasteiger partial charge >= 0.3 is 6.03 Å². The molecule has 0 bridgehead atoms. The summed E-state index contributed by atoms with van der Waals surface area (Å²) < 4.78 is 1.79. The molecule has 0 aliphatic carbocycles. The summed E-state index contributed by atoms with van der Waals surface area (Å²) in [6, 6.07) is 0.180. The Balaban J connectivity index is 1.91. The van der Waals surface area contributed by atoms with E-state index in [1.165, 1.54) is 0 Å². The lowest BCUT2D eigenvalue weighted by molar-refractivity contribution is 0.191. The minimum atomic E-state index is 0.0479. The normalized spacial score (nSPS) is 20.1. The van der Waals surface area contributed by atoms with Crippen LogP contribution in [0, 0.1) is 5.92 Å². The summed E-state index contributed by atoms with van der Waals surface area (Å²) in [5.74, 6) is 1.62. The summed E-state index contributed by atoms with van der Waals surface area (Å²) in [7, 11) is 5.96. The number of carbonyl (C=O) groups is 1. The van der Waals surface area contributed by atoms with Crippen LogP contribution in [0.1, 0.15) is 25.5 Å². The Kier molecular flexibility index (Phi) is 6.35. The molecule has 1 aliphatic rings. The topological polar surface area (TPSA) is 53.4 Å². The van der Waals surface area contributed by atoms with Crippen molar-refractivity contribution in [2.24, 2.45) is 13.0 Å². The lowest BCUT2D eigenvalue weighted by Gasteiger charge is -2.35. The number of carbonyl (C=O) groups excluding carboxylic acids is 1. The van der Waals surface area contributed by atoms with Gasteiger partial charge in [0.2, 0.25) is 0 Å². The highest BCUT2D eigenvalue weighted by Crippen LogP contribution is 2.25. The van der Waals surface area contributed by atoms with Crippen LogP contribution in [0.4, 0.5) is 4.79 Å². The van der Waals surface area contributed by atoms with Crippen molar-refractivity contribution in [3.8, 4) is 0 Å². The average molecular weight is 340 g/mol. The lowest BCUT2D eigenvalue weighted by atomic mass is 10.1. The Morgan fingerprint density at radius 2 is 2.26 bits per heavy atom. The summed E-state index contributed by atoms with van der Waals surface area (Å²) in [4.78, 5) is 16.6. The van der Waals surface area contributed by atoms with E-state index in [1.54, 1.807) is 4.68 Å². The molecule has 0 radical (unpaired) electrons. The Bertz CT molecular complexity index is 516. The van der Waals surface area contributed by atoms with Gasteiger partial charge < -0.3 is 15.1 Å². The molecule has 0 aromatic carbocycles. The van der Waals surface area contributed by atoms with Crippen LogP contribution in [-0.2, 0) is 7.05 Å². The largest absolute Gasteiger partial charge is 0.336 e. The Hall–Kier alpha value is -1.21. The maximum Gasteiger partial charge on any atom is 0.317 e. The zero-order valence-electron chi connectivity index (χ0n) is 14.8. The summed E-state index contributed by atoms with van der Waals surface area (Å²) in [5, 5.41) is 7.87. The van der Waals surface area contributed by atoms with Crippen molar-refractivity contribution in [3.05, 3.63) is 18.0 Å². The highest BCUT2D eigenvalue weighted by Gasteiger charge is 2.26. The highest BCUT2D eigenvalue weighted by atomic mass is 32.2. The molecule has 1 fully saturated rings. The van der Waals surface area contributed by atoms with Crippen molar-refractivity contribution in [1.29, 1.82) is 0 Å². The van der Waals surface area contributed by atoms with Gasteiger partial charge in [-0.05, 0) is 20.0 Å². The van der Waals surface area contributed by atoms with Gasteiger partial charge in [0.25, 0.3) is 0 Å². The second-order valence-corrected chi connectivity index (χ2v) is 8.06. The van der Waals surface area contributed by atoms with E-state index < -0.39 is 0 Å². The van der Waals surface area contributed by atoms with Gasteiger partial charge in [-0.15, -0.1) is 0 Å². The predicted molar refractivity (Wildman–Crippen MR) is 95.7 cm³/mol. The number of aryl methyl sites for hydroxylation is 1. The van der Waals surface area contributed by atoms with Crippen molar-refractivity contribution in [2.75, 3.05) is 39.5 Å². The molecule has 1 aliphatic heterocycles. The monoisotopic (exact) mass is 339 g/mol. The summed E-state index contributed by atoms with van der Waals surface area (Å²) in [6.45, 7) is 6.72. The zero-order chi connectivity index (χ0) is 17.0. The molecule has 7 heteroatoms. The molecule has 130 valence electrons. The summed E-state index contributed by atoms with van der Waals surface area (Å²) in [5.41, 5.74) is 1.12. The summed E-state index contributed by atoms with van der Waals surface area (Å²) in [6.07, 6.45) is 3.87. The lowest BCUT2D eigenvalue weighted by Crippen LogP contribution is -2.49. The number of nitrogens with one attached hydrogen (secondary N) is 1. The number of likely N-dealkylation sites (N-methyl/N-ethyl adjacent to an activating group) is 1. The van der Waals surface area contributed by atoms with E-state index in [-0.39, 0.29) is 12.1 Å². The fourth-order valence-electron chi connectivity index (χ4n) is 2.77. The van der Waals surface area contributed by atoms with Gasteiger partial charge in [0.1, 0.15) is 0 Å². The minimum Gasteiger partial charge on any atom is -0.336 e. The molecule has 2 amide bonds. The smallest absolute Gasteiger partial charge is 0.317 e. The molecular weight excluding hydrogens is 310 g/mol. The van der Waals surface area contributed by atoms with Gasteiger partial charge in [0.05, 0.1) is 12.2 Å². The Morgan fingerprint density at radius 3 is 2.83 bits per heavy atom. The van der Waals surface area contributed by atoms with Crippen molar-refractivity contribution < 1.29 is 4.79 Å². The molecule has 2 atom stereocenters. The van der Waals surface area contributed by atoms with Crippen LogP contribution in [0.15, 0.2) is 12.4 Å². The van der Waals surface area contributed by atoms with Crippen LogP contribution in [0.25, 0.3) is 0 Å². The minimum absolute atomic E-state index is 0.0479. The third-order valence-corrected chi connectivity index (χ3v) is 5.84. The van der Waals surface area contributed by atoms with Crippen LogP contribution in [-0.4, -0.2) is 70.3 Å². The molecule has 0 saturated carbocycles. The van der Waals surface area contributed by atoms with E-state index in [9.17, 15) is 4.79 Å². The molecule has 0 unspecified atom stereocenters. The molecule has 6 nitrogen and oxygen atoms in total. The molecule has 1 saturated heterocycles. The Morgan fingerprint density at radius 1 is 1.52 bits per heavy atom. The first-order valence-electron chi connectivity index (χ1n) is 8.17. The van der Waals surface area contributed by atoms with Crippen molar-refractivity contribution in [1.82, 2.24) is 24.9 Å². The van der Waals surface area contributed by atoms with Crippen molar-refractivity contribution >= 4 is 17.8 Å². The Labute approximate surface area is 143 Å². The number of hydrogen-bond donors (Lipinski definition) is 1. The van der Waals surface area contributed by atoms with Crippen LogP contribution in [0.2, 0.25) is 0 Å². The molecule has 23 heavy (non-hydrogen) atoms. The number of amides is 2. The standard InChI is InChI=1S/C16H29N5OS/c1-12(2)15-11-21(6-7-23-15)16(22)17-9-14(19(3)4)13-8-18-20(5)10-13/h8,10,12,14-15H,6-7,9,11H2,1-5H3,(H,17,22)/t14-,15-/m0/s1. The highest BCUT2D eigenvalue weighted by molar-refractivity contribution is 8.00. The quantitative estimate of drug-likeness (QED) is 0.889. The maximum absolute atomic E-state index is 12.5. The van der Waals surface area contributed by atoms with Gasteiger partial charge in [-0.3, -0.25) is 4.68 Å². The molecule has 1 aromatic heterocycles. The number of thioether (sulfide) groups is 1. The van der Waals surface area contributed by atoms with Crippen LogP contribution < -0.4 is 5.32 Å². The summed E-state index contributed by atoms with van der Waals surface area (Å²) >= 11 is 1.98.